The fraction of sp³-hybridized carbons (Fsp3) is 0.480. The van der Waals surface area contributed by atoms with Crippen LogP contribution in [0.15, 0.2) is 42.6 Å². The second kappa shape index (κ2) is 8.88. The molecule has 2 fully saturated rings. The number of aliphatic hydroxyl groups excluding tert-OH is 1. The van der Waals surface area contributed by atoms with Gasteiger partial charge in [-0.2, -0.15) is 0 Å². The summed E-state index contributed by atoms with van der Waals surface area (Å²) in [7, 11) is 1.68. The molecule has 0 amide bonds. The molecular formula is C25H29NO3. The van der Waals surface area contributed by atoms with E-state index in [4.69, 9.17) is 9.47 Å². The number of pyridine rings is 1. The highest BCUT2D eigenvalue weighted by atomic mass is 16.5. The van der Waals surface area contributed by atoms with Crippen molar-refractivity contribution in [3.8, 4) is 23.3 Å². The van der Waals surface area contributed by atoms with Crippen molar-refractivity contribution in [3.63, 3.8) is 0 Å². The van der Waals surface area contributed by atoms with E-state index in [-0.39, 0.29) is 17.6 Å². The van der Waals surface area contributed by atoms with Crippen LogP contribution in [0.1, 0.15) is 62.6 Å². The molecule has 0 unspecified atom stereocenters. The number of aromatic nitrogens is 1. The molecule has 2 aromatic rings. The molecule has 0 radical (unpaired) electrons. The molecule has 0 saturated heterocycles. The number of methoxy groups -OCH3 is 1. The second-order valence-electron chi connectivity index (χ2n) is 8.17. The number of aliphatic hydroxyl groups is 1. The van der Waals surface area contributed by atoms with Crippen LogP contribution in [-0.2, 0) is 5.41 Å². The largest absolute Gasteiger partial charge is 0.493 e. The lowest BCUT2D eigenvalue weighted by atomic mass is 9.69. The van der Waals surface area contributed by atoms with E-state index in [0.717, 1.165) is 61.3 Å². The molecular weight excluding hydrogens is 362 g/mol. The Kier molecular flexibility index (Phi) is 6.06. The number of ether oxygens (including phenoxy) is 2. The molecule has 0 bridgehead atoms. The highest BCUT2D eigenvalue weighted by Crippen LogP contribution is 2.43. The van der Waals surface area contributed by atoms with Gasteiger partial charge in [-0.1, -0.05) is 18.1 Å². The lowest BCUT2D eigenvalue weighted by Gasteiger charge is -2.35. The Hall–Kier alpha value is -2.51. The lowest BCUT2D eigenvalue weighted by molar-refractivity contribution is 0.110. The van der Waals surface area contributed by atoms with Gasteiger partial charge in [0, 0.05) is 6.20 Å². The van der Waals surface area contributed by atoms with Gasteiger partial charge in [0.05, 0.1) is 24.7 Å². The first kappa shape index (κ1) is 19.8. The molecule has 1 aromatic heterocycles. The zero-order chi connectivity index (χ0) is 20.1. The first-order valence-corrected chi connectivity index (χ1v) is 10.7. The predicted octanol–water partition coefficient (Wildman–Crippen LogP) is 4.64. The van der Waals surface area contributed by atoms with Crippen molar-refractivity contribution in [3.05, 3.63) is 53.9 Å². The summed E-state index contributed by atoms with van der Waals surface area (Å²) in [5, 5.41) is 10.1. The maximum absolute atomic E-state index is 10.1. The van der Waals surface area contributed by atoms with Crippen LogP contribution in [0, 0.1) is 11.8 Å². The van der Waals surface area contributed by atoms with Crippen LogP contribution < -0.4 is 9.47 Å². The number of hydrogen-bond donors (Lipinski definition) is 1. The van der Waals surface area contributed by atoms with Crippen LogP contribution >= 0.6 is 0 Å². The Morgan fingerprint density at radius 3 is 2.52 bits per heavy atom. The molecule has 2 aliphatic rings. The van der Waals surface area contributed by atoms with Gasteiger partial charge in [0.1, 0.15) is 5.69 Å². The standard InChI is InChI=1S/C25H29NO3/c1-28-23-10-9-19(18-24(23)29-22-7-2-3-8-22)25(15-12-21(27)13-16-25)14-11-20-6-4-5-17-26-20/h4-6,9-10,17-18,21-22,27H,2-3,7-8,12-13,15-16H2,1H3. The quantitative estimate of drug-likeness (QED) is 0.772. The van der Waals surface area contributed by atoms with E-state index in [2.05, 4.69) is 29.0 Å². The van der Waals surface area contributed by atoms with Crippen LogP contribution in [0.3, 0.4) is 0 Å². The van der Waals surface area contributed by atoms with Crippen LogP contribution in [0.2, 0.25) is 0 Å². The summed E-state index contributed by atoms with van der Waals surface area (Å²) in [6, 6.07) is 12.0. The topological polar surface area (TPSA) is 51.6 Å². The molecule has 2 aliphatic carbocycles. The summed E-state index contributed by atoms with van der Waals surface area (Å²) >= 11 is 0. The van der Waals surface area contributed by atoms with Gasteiger partial charge in [0.15, 0.2) is 11.5 Å². The molecule has 0 atom stereocenters. The average Bonchev–Trinajstić information content (AvgIpc) is 3.27. The van der Waals surface area contributed by atoms with Crippen LogP contribution in [-0.4, -0.2) is 29.4 Å². The van der Waals surface area contributed by atoms with Crippen molar-refractivity contribution in [1.82, 2.24) is 4.98 Å². The van der Waals surface area contributed by atoms with Crippen molar-refractivity contribution in [1.29, 1.82) is 0 Å². The third kappa shape index (κ3) is 4.57. The van der Waals surface area contributed by atoms with E-state index in [1.54, 1.807) is 13.3 Å². The molecule has 1 aromatic carbocycles. The minimum Gasteiger partial charge on any atom is -0.493 e. The Labute approximate surface area is 173 Å². The Bertz CT molecular complexity index is 870. The van der Waals surface area contributed by atoms with Crippen molar-refractivity contribution in [2.45, 2.75) is 69.0 Å². The lowest BCUT2D eigenvalue weighted by Crippen LogP contribution is -2.32. The van der Waals surface area contributed by atoms with E-state index in [0.29, 0.717) is 0 Å². The minimum absolute atomic E-state index is 0.243. The average molecular weight is 392 g/mol. The Balaban J connectivity index is 1.69. The van der Waals surface area contributed by atoms with Crippen molar-refractivity contribution in [2.24, 2.45) is 0 Å². The van der Waals surface area contributed by atoms with Gasteiger partial charge >= 0.3 is 0 Å². The van der Waals surface area contributed by atoms with E-state index in [1.165, 1.54) is 12.8 Å². The fourth-order valence-electron chi connectivity index (χ4n) is 4.45. The first-order valence-electron chi connectivity index (χ1n) is 10.7. The monoisotopic (exact) mass is 391 g/mol. The first-order chi connectivity index (χ1) is 14.2. The minimum atomic E-state index is -0.309. The summed E-state index contributed by atoms with van der Waals surface area (Å²) in [4.78, 5) is 4.35. The van der Waals surface area contributed by atoms with Crippen molar-refractivity contribution in [2.75, 3.05) is 7.11 Å². The molecule has 2 saturated carbocycles. The zero-order valence-electron chi connectivity index (χ0n) is 17.1. The summed E-state index contributed by atoms with van der Waals surface area (Å²) in [5.41, 5.74) is 1.60. The van der Waals surface area contributed by atoms with Crippen LogP contribution in [0.25, 0.3) is 0 Å². The van der Waals surface area contributed by atoms with E-state index in [1.807, 2.05) is 24.3 Å². The van der Waals surface area contributed by atoms with Gasteiger partial charge in [0.2, 0.25) is 0 Å². The molecule has 1 N–H and O–H groups in total. The second-order valence-corrected chi connectivity index (χ2v) is 8.17. The van der Waals surface area contributed by atoms with Gasteiger partial charge in [-0.25, -0.2) is 4.98 Å². The zero-order valence-corrected chi connectivity index (χ0v) is 17.1. The van der Waals surface area contributed by atoms with E-state index in [9.17, 15) is 5.11 Å². The third-order valence-electron chi connectivity index (χ3n) is 6.22. The molecule has 4 nitrogen and oxygen atoms in total. The SMILES string of the molecule is COc1ccc(C2(C#Cc3ccccn3)CCC(O)CC2)cc1OC1CCCC1. The van der Waals surface area contributed by atoms with Gasteiger partial charge < -0.3 is 14.6 Å². The van der Waals surface area contributed by atoms with E-state index >= 15 is 0 Å². The molecule has 0 aliphatic heterocycles. The summed E-state index contributed by atoms with van der Waals surface area (Å²) in [5.74, 6) is 8.38. The van der Waals surface area contributed by atoms with Crippen LogP contribution in [0.4, 0.5) is 0 Å². The third-order valence-corrected chi connectivity index (χ3v) is 6.22. The molecule has 4 heteroatoms. The number of nitrogens with zero attached hydrogens (tertiary/aromatic N) is 1. The maximum atomic E-state index is 10.1. The van der Waals surface area contributed by atoms with Gasteiger partial charge in [-0.15, -0.1) is 0 Å². The molecule has 1 heterocycles. The maximum Gasteiger partial charge on any atom is 0.161 e. The Morgan fingerprint density at radius 1 is 1.03 bits per heavy atom. The van der Waals surface area contributed by atoms with E-state index < -0.39 is 0 Å². The van der Waals surface area contributed by atoms with Gasteiger partial charge in [-0.05, 0) is 87.1 Å². The summed E-state index contributed by atoms with van der Waals surface area (Å²) in [6.07, 6.45) is 9.59. The molecule has 29 heavy (non-hydrogen) atoms. The van der Waals surface area contributed by atoms with Gasteiger partial charge in [-0.3, -0.25) is 0 Å². The fourth-order valence-corrected chi connectivity index (χ4v) is 4.45. The molecule has 4 rings (SSSR count). The highest BCUT2D eigenvalue weighted by molar-refractivity contribution is 5.49. The predicted molar refractivity (Wildman–Crippen MR) is 113 cm³/mol. The number of rotatable bonds is 4. The van der Waals surface area contributed by atoms with Crippen molar-refractivity contribution >= 4 is 0 Å². The van der Waals surface area contributed by atoms with Crippen LogP contribution in [0.5, 0.6) is 11.5 Å². The summed E-state index contributed by atoms with van der Waals surface area (Å²) in [6.45, 7) is 0. The number of benzene rings is 1. The van der Waals surface area contributed by atoms with Gasteiger partial charge in [0.25, 0.3) is 0 Å². The molecule has 152 valence electrons. The smallest absolute Gasteiger partial charge is 0.161 e. The van der Waals surface area contributed by atoms with Crippen molar-refractivity contribution < 1.29 is 14.6 Å². The molecule has 0 spiro atoms. The summed E-state index contributed by atoms with van der Waals surface area (Å²) < 4.78 is 11.9. The highest BCUT2D eigenvalue weighted by Gasteiger charge is 2.36. The normalized spacial score (nSPS) is 24.6. The number of hydrogen-bond acceptors (Lipinski definition) is 4. The Morgan fingerprint density at radius 2 is 1.83 bits per heavy atom.